The Morgan fingerprint density at radius 2 is 2.07 bits per heavy atom. The quantitative estimate of drug-likeness (QED) is 0.427. The summed E-state index contributed by atoms with van der Waals surface area (Å²) in [7, 11) is 5.88. The number of hydrogen-bond donors (Lipinski definition) is 2. The van der Waals surface area contributed by atoms with Gasteiger partial charge in [-0.15, -0.1) is 0 Å². The van der Waals surface area contributed by atoms with Crippen LogP contribution in [0.15, 0.2) is 47.6 Å². The molecular formula is C22H31FN6. The Kier molecular flexibility index (Phi) is 7.27. The third-order valence-corrected chi connectivity index (χ3v) is 5.18. The fraction of sp³-hybridized carbons (Fsp3) is 0.455. The van der Waals surface area contributed by atoms with Gasteiger partial charge in [-0.2, -0.15) is 0 Å². The van der Waals surface area contributed by atoms with Crippen LogP contribution in [0.4, 0.5) is 15.9 Å². The first-order valence-electron chi connectivity index (χ1n) is 10.2. The van der Waals surface area contributed by atoms with Crippen LogP contribution in [0.3, 0.4) is 0 Å². The summed E-state index contributed by atoms with van der Waals surface area (Å²) in [4.78, 5) is 12.6. The van der Waals surface area contributed by atoms with Gasteiger partial charge in [-0.3, -0.25) is 4.99 Å². The number of aryl methyl sites for hydroxylation is 1. The average molecular weight is 399 g/mol. The van der Waals surface area contributed by atoms with Gasteiger partial charge in [0.1, 0.15) is 0 Å². The second-order valence-electron chi connectivity index (χ2n) is 7.55. The molecule has 7 heteroatoms. The standard InChI is InChI=1S/C22H31FN6/c1-24-22(26-14-4-6-17-8-10-19(11-9-17)28(2)3)27-18-12-15-29(16-18)21-20(23)7-5-13-25-21/h5,7-11,13,18H,4,6,12,14-16H2,1-3H3,(H2,24,26,27). The molecular weight excluding hydrogens is 367 g/mol. The van der Waals surface area contributed by atoms with E-state index in [-0.39, 0.29) is 11.9 Å². The Labute approximate surface area is 172 Å². The number of nitrogens with zero attached hydrogens (tertiary/aromatic N) is 4. The molecule has 1 unspecified atom stereocenters. The third-order valence-electron chi connectivity index (χ3n) is 5.18. The van der Waals surface area contributed by atoms with Crippen molar-refractivity contribution in [3.8, 4) is 0 Å². The Morgan fingerprint density at radius 1 is 1.28 bits per heavy atom. The summed E-state index contributed by atoms with van der Waals surface area (Å²) in [5.41, 5.74) is 2.55. The largest absolute Gasteiger partial charge is 0.378 e. The highest BCUT2D eigenvalue weighted by Gasteiger charge is 2.25. The number of benzene rings is 1. The van der Waals surface area contributed by atoms with Crippen LogP contribution in [0.25, 0.3) is 0 Å². The SMILES string of the molecule is CN=C(NCCCc1ccc(N(C)C)cc1)NC1CCN(c2ncccc2F)C1. The molecule has 1 aliphatic rings. The molecule has 1 aromatic carbocycles. The summed E-state index contributed by atoms with van der Waals surface area (Å²) >= 11 is 0. The molecule has 0 bridgehead atoms. The lowest BCUT2D eigenvalue weighted by molar-refractivity contribution is 0.612. The molecule has 0 amide bonds. The number of guanidine groups is 1. The molecule has 2 aromatic rings. The normalized spacial score (nSPS) is 16.8. The van der Waals surface area contributed by atoms with E-state index in [0.29, 0.717) is 12.4 Å². The number of halogens is 1. The van der Waals surface area contributed by atoms with Gasteiger partial charge >= 0.3 is 0 Å². The molecule has 1 atom stereocenters. The number of pyridine rings is 1. The number of rotatable bonds is 7. The Balaban J connectivity index is 1.40. The maximum Gasteiger partial charge on any atom is 0.191 e. The molecule has 0 radical (unpaired) electrons. The Morgan fingerprint density at radius 3 is 2.76 bits per heavy atom. The van der Waals surface area contributed by atoms with E-state index in [0.717, 1.165) is 38.3 Å². The number of anilines is 2. The second kappa shape index (κ2) is 10.1. The zero-order valence-corrected chi connectivity index (χ0v) is 17.5. The molecule has 0 saturated carbocycles. The number of hydrogen-bond acceptors (Lipinski definition) is 4. The lowest BCUT2D eigenvalue weighted by Crippen LogP contribution is -2.45. The van der Waals surface area contributed by atoms with Crippen LogP contribution in [-0.4, -0.2) is 57.8 Å². The van der Waals surface area contributed by atoms with Gasteiger partial charge in [-0.1, -0.05) is 12.1 Å². The van der Waals surface area contributed by atoms with E-state index >= 15 is 0 Å². The summed E-state index contributed by atoms with van der Waals surface area (Å²) in [6.45, 7) is 2.35. The molecule has 1 aromatic heterocycles. The first-order chi connectivity index (χ1) is 14.1. The van der Waals surface area contributed by atoms with Crippen LogP contribution in [0.1, 0.15) is 18.4 Å². The van der Waals surface area contributed by atoms with Crippen LogP contribution in [0.5, 0.6) is 0 Å². The average Bonchev–Trinajstić information content (AvgIpc) is 3.19. The summed E-state index contributed by atoms with van der Waals surface area (Å²) in [5.74, 6) is 0.954. The molecule has 6 nitrogen and oxygen atoms in total. The topological polar surface area (TPSA) is 55.8 Å². The zero-order chi connectivity index (χ0) is 20.6. The highest BCUT2D eigenvalue weighted by molar-refractivity contribution is 5.80. The van der Waals surface area contributed by atoms with E-state index in [2.05, 4.69) is 49.8 Å². The zero-order valence-electron chi connectivity index (χ0n) is 17.5. The molecule has 3 rings (SSSR count). The van der Waals surface area contributed by atoms with Gasteiger partial charge < -0.3 is 20.4 Å². The van der Waals surface area contributed by atoms with E-state index in [1.807, 2.05) is 19.0 Å². The van der Waals surface area contributed by atoms with Gasteiger partial charge in [-0.25, -0.2) is 9.37 Å². The molecule has 0 spiro atoms. The van der Waals surface area contributed by atoms with Crippen molar-refractivity contribution in [1.82, 2.24) is 15.6 Å². The molecule has 1 aliphatic heterocycles. The van der Waals surface area contributed by atoms with Gasteiger partial charge in [-0.05, 0) is 49.1 Å². The van der Waals surface area contributed by atoms with Crippen LogP contribution >= 0.6 is 0 Å². The smallest absolute Gasteiger partial charge is 0.191 e. The monoisotopic (exact) mass is 398 g/mol. The van der Waals surface area contributed by atoms with Crippen molar-refractivity contribution in [1.29, 1.82) is 0 Å². The fourth-order valence-electron chi connectivity index (χ4n) is 3.53. The first-order valence-corrected chi connectivity index (χ1v) is 10.2. The maximum atomic E-state index is 13.9. The van der Waals surface area contributed by atoms with E-state index < -0.39 is 0 Å². The predicted molar refractivity (Wildman–Crippen MR) is 118 cm³/mol. The molecule has 1 saturated heterocycles. The van der Waals surface area contributed by atoms with Crippen molar-refractivity contribution in [2.24, 2.45) is 4.99 Å². The van der Waals surface area contributed by atoms with Gasteiger partial charge in [0.15, 0.2) is 17.6 Å². The van der Waals surface area contributed by atoms with Crippen molar-refractivity contribution in [3.63, 3.8) is 0 Å². The lowest BCUT2D eigenvalue weighted by Gasteiger charge is -2.20. The first kappa shape index (κ1) is 20.9. The number of nitrogens with one attached hydrogen (secondary N) is 2. The third kappa shape index (κ3) is 5.82. The molecule has 29 heavy (non-hydrogen) atoms. The molecule has 2 N–H and O–H groups in total. The molecule has 2 heterocycles. The van der Waals surface area contributed by atoms with Crippen molar-refractivity contribution in [2.75, 3.05) is 50.6 Å². The van der Waals surface area contributed by atoms with Gasteiger partial charge in [0.25, 0.3) is 0 Å². The van der Waals surface area contributed by atoms with E-state index in [1.54, 1.807) is 19.3 Å². The minimum atomic E-state index is -0.269. The Hall–Kier alpha value is -2.83. The minimum absolute atomic E-state index is 0.223. The highest BCUT2D eigenvalue weighted by atomic mass is 19.1. The van der Waals surface area contributed by atoms with Gasteiger partial charge in [0.2, 0.25) is 0 Å². The number of aliphatic imine (C=N–C) groups is 1. The second-order valence-corrected chi connectivity index (χ2v) is 7.55. The van der Waals surface area contributed by atoms with Crippen molar-refractivity contribution in [2.45, 2.75) is 25.3 Å². The van der Waals surface area contributed by atoms with Gasteiger partial charge in [0.05, 0.1) is 0 Å². The Bertz CT molecular complexity index is 805. The number of aromatic nitrogens is 1. The lowest BCUT2D eigenvalue weighted by atomic mass is 10.1. The van der Waals surface area contributed by atoms with Crippen molar-refractivity contribution < 1.29 is 4.39 Å². The predicted octanol–water partition coefficient (Wildman–Crippen LogP) is 2.66. The van der Waals surface area contributed by atoms with Crippen LogP contribution < -0.4 is 20.4 Å². The fourth-order valence-corrected chi connectivity index (χ4v) is 3.53. The van der Waals surface area contributed by atoms with Crippen molar-refractivity contribution in [3.05, 3.63) is 54.0 Å². The molecule has 0 aliphatic carbocycles. The van der Waals surface area contributed by atoms with E-state index in [1.165, 1.54) is 17.3 Å². The van der Waals surface area contributed by atoms with E-state index in [9.17, 15) is 4.39 Å². The summed E-state index contributed by atoms with van der Waals surface area (Å²) in [6, 6.07) is 12.0. The van der Waals surface area contributed by atoms with Crippen molar-refractivity contribution >= 4 is 17.5 Å². The summed E-state index contributed by atoms with van der Waals surface area (Å²) in [6.07, 6.45) is 4.61. The summed E-state index contributed by atoms with van der Waals surface area (Å²) in [5, 5.41) is 6.83. The van der Waals surface area contributed by atoms with Crippen LogP contribution in [0, 0.1) is 5.82 Å². The molecule has 1 fully saturated rings. The van der Waals surface area contributed by atoms with Crippen LogP contribution in [0.2, 0.25) is 0 Å². The van der Waals surface area contributed by atoms with Crippen LogP contribution in [-0.2, 0) is 6.42 Å². The molecule has 156 valence electrons. The maximum absolute atomic E-state index is 13.9. The summed E-state index contributed by atoms with van der Waals surface area (Å²) < 4.78 is 13.9. The highest BCUT2D eigenvalue weighted by Crippen LogP contribution is 2.20. The van der Waals surface area contributed by atoms with E-state index in [4.69, 9.17) is 0 Å². The minimum Gasteiger partial charge on any atom is -0.378 e. The van der Waals surface area contributed by atoms with Gasteiger partial charge in [0, 0.05) is 58.7 Å².